The molecular weight excluding hydrogens is 362 g/mol. The molecule has 2 aromatic rings. The minimum atomic E-state index is -0.186. The largest absolute Gasteiger partial charge is 0.493 e. The average Bonchev–Trinajstić information content (AvgIpc) is 2.70. The van der Waals surface area contributed by atoms with Crippen molar-refractivity contribution >= 4 is 17.5 Å². The highest BCUT2D eigenvalue weighted by molar-refractivity contribution is 6.30. The van der Waals surface area contributed by atoms with Crippen LogP contribution in [0.3, 0.4) is 0 Å². The van der Waals surface area contributed by atoms with E-state index in [1.165, 1.54) is 5.56 Å². The van der Waals surface area contributed by atoms with Crippen molar-refractivity contribution in [2.75, 3.05) is 20.8 Å². The Morgan fingerprint density at radius 3 is 2.56 bits per heavy atom. The van der Waals surface area contributed by atoms with Gasteiger partial charge in [0, 0.05) is 17.5 Å². The van der Waals surface area contributed by atoms with Crippen LogP contribution in [0, 0.1) is 5.92 Å². The molecule has 0 bridgehead atoms. The number of halogens is 1. The van der Waals surface area contributed by atoms with Gasteiger partial charge in [0.05, 0.1) is 20.3 Å². The lowest BCUT2D eigenvalue weighted by molar-refractivity contribution is -0.137. The lowest BCUT2D eigenvalue weighted by Crippen LogP contribution is -2.43. The standard InChI is InChI=1S/C22H26ClNO3/c1-5-14(2)22(25)24-10-9-15-12-19(26-3)20(27-4)13-18(15)21(24)16-7-6-8-17(23)11-16/h6-8,11-14,21H,5,9-10H2,1-4H3/t14-,21-/m0/s1. The lowest BCUT2D eigenvalue weighted by atomic mass is 9.86. The zero-order valence-electron chi connectivity index (χ0n) is 16.3. The van der Waals surface area contributed by atoms with Crippen LogP contribution in [-0.2, 0) is 11.2 Å². The van der Waals surface area contributed by atoms with E-state index in [2.05, 4.69) is 0 Å². The summed E-state index contributed by atoms with van der Waals surface area (Å²) in [6.07, 6.45) is 1.60. The monoisotopic (exact) mass is 387 g/mol. The van der Waals surface area contributed by atoms with Gasteiger partial charge >= 0.3 is 0 Å². The molecule has 0 saturated heterocycles. The van der Waals surface area contributed by atoms with Gasteiger partial charge < -0.3 is 14.4 Å². The summed E-state index contributed by atoms with van der Waals surface area (Å²) in [5.74, 6) is 1.53. The number of rotatable bonds is 5. The maximum absolute atomic E-state index is 13.1. The van der Waals surface area contributed by atoms with Gasteiger partial charge in [-0.2, -0.15) is 0 Å². The highest BCUT2D eigenvalue weighted by Crippen LogP contribution is 2.42. The van der Waals surface area contributed by atoms with Gasteiger partial charge in [-0.15, -0.1) is 0 Å². The topological polar surface area (TPSA) is 38.8 Å². The summed E-state index contributed by atoms with van der Waals surface area (Å²) in [4.78, 5) is 15.1. The third kappa shape index (κ3) is 3.77. The third-order valence-corrected chi connectivity index (χ3v) is 5.59. The number of benzene rings is 2. The lowest BCUT2D eigenvalue weighted by Gasteiger charge is -2.39. The Kier molecular flexibility index (Phi) is 5.95. The number of carbonyl (C=O) groups is 1. The van der Waals surface area contributed by atoms with Crippen LogP contribution in [0.1, 0.15) is 43.0 Å². The molecule has 0 N–H and O–H groups in total. The van der Waals surface area contributed by atoms with Crippen molar-refractivity contribution in [1.29, 1.82) is 0 Å². The molecule has 1 heterocycles. The SMILES string of the molecule is CC[C@H](C)C(=O)N1CCc2cc(OC)c(OC)cc2[C@@H]1c1cccc(Cl)c1. The highest BCUT2D eigenvalue weighted by Gasteiger charge is 2.34. The minimum Gasteiger partial charge on any atom is -0.493 e. The average molecular weight is 388 g/mol. The van der Waals surface area contributed by atoms with Gasteiger partial charge in [0.15, 0.2) is 11.5 Å². The Balaban J connectivity index is 2.16. The van der Waals surface area contributed by atoms with Crippen molar-refractivity contribution in [2.24, 2.45) is 5.92 Å². The first-order valence-electron chi connectivity index (χ1n) is 9.30. The molecule has 0 unspecified atom stereocenters. The molecule has 2 atom stereocenters. The second-order valence-corrected chi connectivity index (χ2v) is 7.39. The number of hydrogen-bond donors (Lipinski definition) is 0. The van der Waals surface area contributed by atoms with Gasteiger partial charge in [-0.05, 0) is 53.8 Å². The molecule has 5 heteroatoms. The predicted octanol–water partition coefficient (Wildman–Crippen LogP) is 4.88. The zero-order chi connectivity index (χ0) is 19.6. The zero-order valence-corrected chi connectivity index (χ0v) is 17.0. The molecular formula is C22H26ClNO3. The van der Waals surface area contributed by atoms with E-state index in [0.29, 0.717) is 23.1 Å². The molecule has 0 radical (unpaired) electrons. The van der Waals surface area contributed by atoms with E-state index in [4.69, 9.17) is 21.1 Å². The van der Waals surface area contributed by atoms with Gasteiger partial charge in [0.2, 0.25) is 5.91 Å². The Bertz CT molecular complexity index is 836. The van der Waals surface area contributed by atoms with Crippen LogP contribution in [0.5, 0.6) is 11.5 Å². The smallest absolute Gasteiger partial charge is 0.226 e. The van der Waals surface area contributed by atoms with Crippen molar-refractivity contribution < 1.29 is 14.3 Å². The van der Waals surface area contributed by atoms with Gasteiger partial charge in [0.25, 0.3) is 0 Å². The van der Waals surface area contributed by atoms with E-state index in [0.717, 1.165) is 24.0 Å². The van der Waals surface area contributed by atoms with Crippen molar-refractivity contribution in [1.82, 2.24) is 4.90 Å². The summed E-state index contributed by atoms with van der Waals surface area (Å²) >= 11 is 6.27. The molecule has 2 aromatic carbocycles. The second kappa shape index (κ2) is 8.22. The maximum atomic E-state index is 13.1. The van der Waals surface area contributed by atoms with Gasteiger partial charge in [-0.1, -0.05) is 37.6 Å². The van der Waals surface area contributed by atoms with Crippen molar-refractivity contribution in [2.45, 2.75) is 32.7 Å². The number of hydrogen-bond acceptors (Lipinski definition) is 3. The fourth-order valence-electron chi connectivity index (χ4n) is 3.68. The molecule has 1 aliphatic rings. The van der Waals surface area contributed by atoms with Gasteiger partial charge in [-0.25, -0.2) is 0 Å². The molecule has 0 fully saturated rings. The number of ether oxygens (including phenoxy) is 2. The van der Waals surface area contributed by atoms with E-state index in [1.807, 2.05) is 55.1 Å². The number of amides is 1. The number of nitrogens with zero attached hydrogens (tertiary/aromatic N) is 1. The molecule has 3 rings (SSSR count). The van der Waals surface area contributed by atoms with Gasteiger partial charge in [0.1, 0.15) is 0 Å². The van der Waals surface area contributed by atoms with E-state index < -0.39 is 0 Å². The molecule has 0 aliphatic carbocycles. The summed E-state index contributed by atoms with van der Waals surface area (Å²) in [5, 5.41) is 0.663. The van der Waals surface area contributed by atoms with E-state index in [9.17, 15) is 4.79 Å². The third-order valence-electron chi connectivity index (χ3n) is 5.36. The highest BCUT2D eigenvalue weighted by atomic mass is 35.5. The van der Waals surface area contributed by atoms with Gasteiger partial charge in [-0.3, -0.25) is 4.79 Å². The number of fused-ring (bicyclic) bond motifs is 1. The summed E-state index contributed by atoms with van der Waals surface area (Å²) < 4.78 is 11.0. The first kappa shape index (κ1) is 19.6. The Labute approximate surface area is 166 Å². The molecule has 144 valence electrons. The maximum Gasteiger partial charge on any atom is 0.226 e. The van der Waals surface area contributed by atoms with Crippen LogP contribution in [-0.4, -0.2) is 31.6 Å². The molecule has 1 aliphatic heterocycles. The number of methoxy groups -OCH3 is 2. The van der Waals surface area contributed by atoms with Crippen molar-refractivity contribution in [3.63, 3.8) is 0 Å². The summed E-state index contributed by atoms with van der Waals surface area (Å²) in [6.45, 7) is 4.70. The van der Waals surface area contributed by atoms with E-state index in [-0.39, 0.29) is 17.9 Å². The second-order valence-electron chi connectivity index (χ2n) is 6.95. The van der Waals surface area contributed by atoms with Crippen molar-refractivity contribution in [3.8, 4) is 11.5 Å². The number of carbonyl (C=O) groups excluding carboxylic acids is 1. The fraction of sp³-hybridized carbons (Fsp3) is 0.409. The Morgan fingerprint density at radius 1 is 1.22 bits per heavy atom. The van der Waals surface area contributed by atoms with Crippen molar-refractivity contribution in [3.05, 3.63) is 58.1 Å². The van der Waals surface area contributed by atoms with Crippen LogP contribution in [0.2, 0.25) is 5.02 Å². The molecule has 27 heavy (non-hydrogen) atoms. The summed E-state index contributed by atoms with van der Waals surface area (Å²) in [6, 6.07) is 11.6. The quantitative estimate of drug-likeness (QED) is 0.734. The molecule has 1 amide bonds. The molecule has 0 spiro atoms. The molecule has 0 saturated carbocycles. The molecule has 0 aromatic heterocycles. The molecule has 4 nitrogen and oxygen atoms in total. The minimum absolute atomic E-state index is 0.0200. The van der Waals surface area contributed by atoms with Crippen LogP contribution in [0.15, 0.2) is 36.4 Å². The Hall–Kier alpha value is -2.20. The summed E-state index contributed by atoms with van der Waals surface area (Å²) in [5.41, 5.74) is 3.25. The van der Waals surface area contributed by atoms with Crippen LogP contribution in [0.4, 0.5) is 0 Å². The van der Waals surface area contributed by atoms with Crippen LogP contribution >= 0.6 is 11.6 Å². The summed E-state index contributed by atoms with van der Waals surface area (Å²) in [7, 11) is 3.27. The predicted molar refractivity (Wildman–Crippen MR) is 108 cm³/mol. The Morgan fingerprint density at radius 2 is 1.93 bits per heavy atom. The van der Waals surface area contributed by atoms with E-state index >= 15 is 0 Å². The van der Waals surface area contributed by atoms with Crippen LogP contribution < -0.4 is 9.47 Å². The first-order chi connectivity index (χ1) is 13.0. The fourth-order valence-corrected chi connectivity index (χ4v) is 3.88. The first-order valence-corrected chi connectivity index (χ1v) is 9.68. The van der Waals surface area contributed by atoms with Crippen LogP contribution in [0.25, 0.3) is 0 Å². The normalized spacial score (nSPS) is 17.2. The van der Waals surface area contributed by atoms with E-state index in [1.54, 1.807) is 14.2 Å².